The quantitative estimate of drug-likeness (QED) is 0.488. The normalized spacial score (nSPS) is 10.0. The van der Waals surface area contributed by atoms with Gasteiger partial charge in [0.15, 0.2) is 0 Å². The highest BCUT2D eigenvalue weighted by Gasteiger charge is 2.02. The second-order valence-corrected chi connectivity index (χ2v) is 3.34. The molecule has 1 rings (SSSR count). The van der Waals surface area contributed by atoms with E-state index in [-0.39, 0.29) is 18.8 Å². The van der Waals surface area contributed by atoms with Crippen LogP contribution >= 0.6 is 0 Å². The Hall–Kier alpha value is -2.48. The summed E-state index contributed by atoms with van der Waals surface area (Å²) in [5, 5.41) is 17.5. The number of carbonyl (C=O) groups excluding carboxylic acids is 1. The van der Waals surface area contributed by atoms with Crippen LogP contribution in [0, 0.1) is 11.3 Å². The summed E-state index contributed by atoms with van der Waals surface area (Å²) < 4.78 is 9.81. The van der Waals surface area contributed by atoms with Crippen LogP contribution in [0.5, 0.6) is 11.5 Å². The largest absolute Gasteiger partial charge is 0.508 e. The molecule has 5 heteroatoms. The van der Waals surface area contributed by atoms with E-state index in [1.54, 1.807) is 6.07 Å². The number of phenolic OH excluding ortho intramolecular Hbond substituents is 1. The molecule has 0 aliphatic carbocycles. The van der Waals surface area contributed by atoms with Crippen molar-refractivity contribution in [2.45, 2.75) is 6.42 Å². The number of hydrogen-bond acceptors (Lipinski definition) is 5. The first-order valence-electron chi connectivity index (χ1n) is 5.26. The molecule has 0 spiro atoms. The number of nitrogens with zero attached hydrogens (tertiary/aromatic N) is 1. The monoisotopic (exact) mass is 247 g/mol. The van der Waals surface area contributed by atoms with E-state index in [1.165, 1.54) is 31.4 Å². The Kier molecular flexibility index (Phi) is 5.26. The Balaban J connectivity index is 2.66. The molecule has 18 heavy (non-hydrogen) atoms. The SMILES string of the molecule is COc1cc(O)ccc1/C=C/C(=O)OCCC#N. The second-order valence-electron chi connectivity index (χ2n) is 3.34. The molecular formula is C13H13NO4. The van der Waals surface area contributed by atoms with Crippen LogP contribution in [0.25, 0.3) is 6.08 Å². The first-order chi connectivity index (χ1) is 8.67. The summed E-state index contributed by atoms with van der Waals surface area (Å²) in [5.41, 5.74) is 0.646. The molecule has 94 valence electrons. The van der Waals surface area contributed by atoms with Crippen molar-refractivity contribution < 1.29 is 19.4 Å². The van der Waals surface area contributed by atoms with Gasteiger partial charge >= 0.3 is 5.97 Å². The van der Waals surface area contributed by atoms with Gasteiger partial charge in [-0.05, 0) is 18.2 Å². The lowest BCUT2D eigenvalue weighted by Gasteiger charge is -2.04. The number of esters is 1. The number of benzene rings is 1. The number of methoxy groups -OCH3 is 1. The fraction of sp³-hybridized carbons (Fsp3) is 0.231. The molecule has 0 heterocycles. The number of nitriles is 1. The number of hydrogen-bond donors (Lipinski definition) is 1. The van der Waals surface area contributed by atoms with Gasteiger partial charge in [-0.1, -0.05) is 0 Å². The molecule has 0 bridgehead atoms. The van der Waals surface area contributed by atoms with Gasteiger partial charge in [-0.25, -0.2) is 4.79 Å². The predicted molar refractivity (Wildman–Crippen MR) is 64.9 cm³/mol. The average molecular weight is 247 g/mol. The van der Waals surface area contributed by atoms with Crippen LogP contribution in [0.4, 0.5) is 0 Å². The van der Waals surface area contributed by atoms with Crippen LogP contribution in [0.3, 0.4) is 0 Å². The molecule has 1 aromatic rings. The highest BCUT2D eigenvalue weighted by Crippen LogP contribution is 2.24. The Bertz CT molecular complexity index is 488. The Labute approximate surface area is 105 Å². The third-order valence-electron chi connectivity index (χ3n) is 2.07. The van der Waals surface area contributed by atoms with E-state index >= 15 is 0 Å². The fourth-order valence-electron chi connectivity index (χ4n) is 1.24. The molecule has 0 aliphatic heterocycles. The summed E-state index contributed by atoms with van der Waals surface area (Å²) in [6.45, 7) is 0.0758. The summed E-state index contributed by atoms with van der Waals surface area (Å²) in [6, 6.07) is 6.42. The van der Waals surface area contributed by atoms with Crippen molar-refractivity contribution in [2.24, 2.45) is 0 Å². The van der Waals surface area contributed by atoms with Gasteiger partial charge in [0.1, 0.15) is 18.1 Å². The zero-order valence-corrected chi connectivity index (χ0v) is 9.92. The topological polar surface area (TPSA) is 79.6 Å². The number of aromatic hydroxyl groups is 1. The molecule has 0 unspecified atom stereocenters. The fourth-order valence-corrected chi connectivity index (χ4v) is 1.24. The molecule has 0 aliphatic rings. The Morgan fingerprint density at radius 1 is 1.56 bits per heavy atom. The van der Waals surface area contributed by atoms with Gasteiger partial charge in [0.25, 0.3) is 0 Å². The van der Waals surface area contributed by atoms with Gasteiger partial charge in [0.05, 0.1) is 19.6 Å². The van der Waals surface area contributed by atoms with Gasteiger partial charge in [0, 0.05) is 17.7 Å². The van der Waals surface area contributed by atoms with Gasteiger partial charge in [-0.15, -0.1) is 0 Å². The van der Waals surface area contributed by atoms with Crippen LogP contribution in [-0.2, 0) is 9.53 Å². The maximum atomic E-state index is 11.2. The lowest BCUT2D eigenvalue weighted by atomic mass is 10.2. The van der Waals surface area contributed by atoms with Crippen molar-refractivity contribution in [1.29, 1.82) is 5.26 Å². The molecule has 0 fully saturated rings. The molecule has 0 saturated carbocycles. The third-order valence-corrected chi connectivity index (χ3v) is 2.07. The van der Waals surface area contributed by atoms with E-state index in [0.29, 0.717) is 11.3 Å². The second kappa shape index (κ2) is 6.97. The lowest BCUT2D eigenvalue weighted by Crippen LogP contribution is -2.01. The number of carbonyl (C=O) groups is 1. The standard InChI is InChI=1S/C13H13NO4/c1-17-12-9-11(15)5-3-10(12)4-6-13(16)18-8-2-7-14/h3-6,9,15H,2,8H2,1H3/b6-4+. The van der Waals surface area contributed by atoms with E-state index in [4.69, 9.17) is 14.7 Å². The zero-order valence-electron chi connectivity index (χ0n) is 9.92. The number of phenols is 1. The molecule has 1 aromatic carbocycles. The summed E-state index contributed by atoms with van der Waals surface area (Å²) in [7, 11) is 1.47. The summed E-state index contributed by atoms with van der Waals surface area (Å²) >= 11 is 0. The molecule has 0 saturated heterocycles. The first kappa shape index (κ1) is 13.6. The Morgan fingerprint density at radius 3 is 3.00 bits per heavy atom. The minimum absolute atomic E-state index is 0.0758. The van der Waals surface area contributed by atoms with Crippen LogP contribution in [0.2, 0.25) is 0 Å². The van der Waals surface area contributed by atoms with Gasteiger partial charge in [-0.3, -0.25) is 0 Å². The van der Waals surface area contributed by atoms with Crippen molar-refractivity contribution in [2.75, 3.05) is 13.7 Å². The van der Waals surface area contributed by atoms with Crippen LogP contribution < -0.4 is 4.74 Å². The summed E-state index contributed by atoms with van der Waals surface area (Å²) in [6.07, 6.45) is 2.93. The molecule has 5 nitrogen and oxygen atoms in total. The number of rotatable bonds is 5. The molecule has 1 N–H and O–H groups in total. The first-order valence-corrected chi connectivity index (χ1v) is 5.26. The average Bonchev–Trinajstić information content (AvgIpc) is 2.37. The van der Waals surface area contributed by atoms with Crippen molar-refractivity contribution in [3.63, 3.8) is 0 Å². The van der Waals surface area contributed by atoms with E-state index < -0.39 is 5.97 Å². The van der Waals surface area contributed by atoms with Crippen molar-refractivity contribution in [1.82, 2.24) is 0 Å². The summed E-state index contributed by atoms with van der Waals surface area (Å²) in [5.74, 6) is 0.0112. The van der Waals surface area contributed by atoms with Crippen LogP contribution in [-0.4, -0.2) is 24.8 Å². The lowest BCUT2D eigenvalue weighted by molar-refractivity contribution is -0.137. The van der Waals surface area contributed by atoms with Gasteiger partial charge in [0.2, 0.25) is 0 Å². The predicted octanol–water partition coefficient (Wildman–Crippen LogP) is 1.87. The van der Waals surface area contributed by atoms with E-state index in [2.05, 4.69) is 0 Å². The molecular weight excluding hydrogens is 234 g/mol. The van der Waals surface area contributed by atoms with Crippen LogP contribution in [0.1, 0.15) is 12.0 Å². The Morgan fingerprint density at radius 2 is 2.33 bits per heavy atom. The summed E-state index contributed by atoms with van der Waals surface area (Å²) in [4.78, 5) is 11.2. The van der Waals surface area contributed by atoms with Crippen LogP contribution in [0.15, 0.2) is 24.3 Å². The van der Waals surface area contributed by atoms with E-state index in [1.807, 2.05) is 6.07 Å². The van der Waals surface area contributed by atoms with Gasteiger partial charge in [-0.2, -0.15) is 5.26 Å². The smallest absolute Gasteiger partial charge is 0.330 e. The third kappa shape index (κ3) is 4.18. The minimum atomic E-state index is -0.527. The van der Waals surface area contributed by atoms with E-state index in [9.17, 15) is 9.90 Å². The maximum absolute atomic E-state index is 11.2. The van der Waals surface area contributed by atoms with Crippen molar-refractivity contribution >= 4 is 12.0 Å². The molecule has 0 atom stereocenters. The highest BCUT2D eigenvalue weighted by atomic mass is 16.5. The molecule has 0 radical (unpaired) electrons. The minimum Gasteiger partial charge on any atom is -0.508 e. The maximum Gasteiger partial charge on any atom is 0.330 e. The number of ether oxygens (including phenoxy) is 2. The van der Waals surface area contributed by atoms with Crippen molar-refractivity contribution in [3.05, 3.63) is 29.8 Å². The van der Waals surface area contributed by atoms with Crippen molar-refractivity contribution in [3.8, 4) is 17.6 Å². The van der Waals surface area contributed by atoms with Gasteiger partial charge < -0.3 is 14.6 Å². The highest BCUT2D eigenvalue weighted by molar-refractivity contribution is 5.87. The zero-order chi connectivity index (χ0) is 13.4. The molecule has 0 amide bonds. The van der Waals surface area contributed by atoms with E-state index in [0.717, 1.165) is 0 Å². The molecule has 0 aromatic heterocycles.